The van der Waals surface area contributed by atoms with E-state index in [0.717, 1.165) is 19.3 Å². The number of halogens is 2. The van der Waals surface area contributed by atoms with Gasteiger partial charge in [0.05, 0.1) is 10.6 Å². The summed E-state index contributed by atoms with van der Waals surface area (Å²) < 4.78 is 13.2. The Labute approximate surface area is 105 Å². The molecule has 1 aromatic rings. The van der Waals surface area contributed by atoms with Crippen LogP contribution in [0.25, 0.3) is 0 Å². The van der Waals surface area contributed by atoms with E-state index in [1.165, 1.54) is 12.1 Å². The quantitative estimate of drug-likeness (QED) is 0.862. The van der Waals surface area contributed by atoms with Crippen LogP contribution >= 0.6 is 11.6 Å². The third kappa shape index (κ3) is 2.78. The van der Waals surface area contributed by atoms with Gasteiger partial charge in [0.2, 0.25) is 0 Å². The molecule has 2 atom stereocenters. The molecule has 1 fully saturated rings. The number of rotatable bonds is 2. The van der Waals surface area contributed by atoms with Gasteiger partial charge < -0.3 is 5.32 Å². The van der Waals surface area contributed by atoms with Gasteiger partial charge in [0.25, 0.3) is 5.91 Å². The summed E-state index contributed by atoms with van der Waals surface area (Å²) in [5, 5.41) is 2.80. The summed E-state index contributed by atoms with van der Waals surface area (Å²) >= 11 is 5.77. The Kier molecular flexibility index (Phi) is 3.67. The first kappa shape index (κ1) is 12.4. The van der Waals surface area contributed by atoms with Crippen LogP contribution in [0, 0.1) is 11.7 Å². The zero-order chi connectivity index (χ0) is 12.4. The molecule has 2 unspecified atom stereocenters. The van der Waals surface area contributed by atoms with Crippen molar-refractivity contribution in [3.8, 4) is 0 Å². The number of nitrogens with one attached hydrogen (secondary N) is 1. The Bertz CT molecular complexity index is 435. The fraction of sp³-hybridized carbons (Fsp3) is 0.462. The van der Waals surface area contributed by atoms with Crippen LogP contribution in [0.1, 0.15) is 36.5 Å². The number of amides is 1. The highest BCUT2D eigenvalue weighted by atomic mass is 35.5. The first-order valence-electron chi connectivity index (χ1n) is 5.83. The van der Waals surface area contributed by atoms with Gasteiger partial charge in [-0.2, -0.15) is 0 Å². The summed E-state index contributed by atoms with van der Waals surface area (Å²) in [5.41, 5.74) is 0.214. The second kappa shape index (κ2) is 5.05. The predicted molar refractivity (Wildman–Crippen MR) is 65.7 cm³/mol. The molecule has 0 bridgehead atoms. The number of carbonyl (C=O) groups is 1. The first-order chi connectivity index (χ1) is 8.08. The first-order valence-corrected chi connectivity index (χ1v) is 6.20. The largest absolute Gasteiger partial charge is 0.349 e. The standard InChI is InChI=1S/C13H15ClFNO/c1-8-5-6-9(7-8)16-13(17)10-3-2-4-11(15)12(10)14/h2-4,8-9H,5-7H2,1H3,(H,16,17). The molecule has 1 aliphatic carbocycles. The van der Waals surface area contributed by atoms with E-state index >= 15 is 0 Å². The van der Waals surface area contributed by atoms with Crippen molar-refractivity contribution in [2.45, 2.75) is 32.2 Å². The predicted octanol–water partition coefficient (Wildman–Crippen LogP) is 3.40. The molecule has 2 rings (SSSR count). The Morgan fingerprint density at radius 3 is 2.88 bits per heavy atom. The van der Waals surface area contributed by atoms with Gasteiger partial charge in [0.1, 0.15) is 5.82 Å². The van der Waals surface area contributed by atoms with Crippen LogP contribution in [0.2, 0.25) is 5.02 Å². The Balaban J connectivity index is 2.07. The average molecular weight is 256 g/mol. The van der Waals surface area contributed by atoms with Crippen molar-refractivity contribution in [2.24, 2.45) is 5.92 Å². The van der Waals surface area contributed by atoms with Gasteiger partial charge in [-0.05, 0) is 37.3 Å². The molecule has 1 aromatic carbocycles. The van der Waals surface area contributed by atoms with Crippen molar-refractivity contribution in [1.82, 2.24) is 5.32 Å². The lowest BCUT2D eigenvalue weighted by Gasteiger charge is -2.13. The van der Waals surface area contributed by atoms with Crippen molar-refractivity contribution >= 4 is 17.5 Å². The molecule has 1 amide bonds. The maximum atomic E-state index is 13.2. The monoisotopic (exact) mass is 255 g/mol. The molecule has 2 nitrogen and oxygen atoms in total. The SMILES string of the molecule is CC1CCC(NC(=O)c2cccc(F)c2Cl)C1. The van der Waals surface area contributed by atoms with Crippen LogP contribution < -0.4 is 5.32 Å². The fourth-order valence-corrected chi connectivity index (χ4v) is 2.49. The van der Waals surface area contributed by atoms with E-state index in [-0.39, 0.29) is 22.5 Å². The van der Waals surface area contributed by atoms with E-state index in [4.69, 9.17) is 11.6 Å². The van der Waals surface area contributed by atoms with Crippen molar-refractivity contribution in [3.63, 3.8) is 0 Å². The normalized spacial score (nSPS) is 23.7. The zero-order valence-electron chi connectivity index (χ0n) is 9.67. The topological polar surface area (TPSA) is 29.1 Å². The number of carbonyl (C=O) groups excluding carboxylic acids is 1. The lowest BCUT2D eigenvalue weighted by Crippen LogP contribution is -2.33. The summed E-state index contributed by atoms with van der Waals surface area (Å²) in [5.74, 6) is -0.198. The van der Waals surface area contributed by atoms with Gasteiger partial charge >= 0.3 is 0 Å². The summed E-state index contributed by atoms with van der Waals surface area (Å²) in [6.45, 7) is 2.17. The van der Waals surface area contributed by atoms with Gasteiger partial charge in [-0.3, -0.25) is 4.79 Å². The summed E-state index contributed by atoms with van der Waals surface area (Å²) in [6.07, 6.45) is 3.10. The van der Waals surface area contributed by atoms with Gasteiger partial charge in [0, 0.05) is 6.04 Å². The lowest BCUT2D eigenvalue weighted by atomic mass is 10.1. The van der Waals surface area contributed by atoms with Gasteiger partial charge in [-0.15, -0.1) is 0 Å². The minimum absolute atomic E-state index is 0.101. The second-order valence-electron chi connectivity index (χ2n) is 4.69. The average Bonchev–Trinajstić information content (AvgIpc) is 2.68. The fourth-order valence-electron chi connectivity index (χ4n) is 2.28. The van der Waals surface area contributed by atoms with Crippen molar-refractivity contribution in [1.29, 1.82) is 0 Å². The lowest BCUT2D eigenvalue weighted by molar-refractivity contribution is 0.0937. The molecule has 1 N–H and O–H groups in total. The maximum absolute atomic E-state index is 13.2. The van der Waals surface area contributed by atoms with Gasteiger partial charge in [-0.25, -0.2) is 4.39 Å². The van der Waals surface area contributed by atoms with Crippen molar-refractivity contribution in [2.75, 3.05) is 0 Å². The van der Waals surface area contributed by atoms with E-state index in [9.17, 15) is 9.18 Å². The highest BCUT2D eigenvalue weighted by Gasteiger charge is 2.24. The molecule has 1 aliphatic rings. The molecule has 0 aliphatic heterocycles. The van der Waals surface area contributed by atoms with Gasteiger partial charge in [0.15, 0.2) is 0 Å². The maximum Gasteiger partial charge on any atom is 0.253 e. The Hall–Kier alpha value is -1.09. The van der Waals surface area contributed by atoms with Crippen molar-refractivity contribution in [3.05, 3.63) is 34.6 Å². The third-order valence-corrected chi connectivity index (χ3v) is 3.61. The molecule has 0 radical (unpaired) electrons. The van der Waals surface area contributed by atoms with Gasteiger partial charge in [-0.1, -0.05) is 24.6 Å². The smallest absolute Gasteiger partial charge is 0.253 e. The minimum atomic E-state index is -0.556. The van der Waals surface area contributed by atoms with Crippen LogP contribution in [-0.2, 0) is 0 Å². The van der Waals surface area contributed by atoms with E-state index in [1.54, 1.807) is 6.07 Å². The van der Waals surface area contributed by atoms with Crippen molar-refractivity contribution < 1.29 is 9.18 Å². The Morgan fingerprint density at radius 2 is 2.24 bits per heavy atom. The molecule has 0 spiro atoms. The summed E-state index contributed by atoms with van der Waals surface area (Å²) in [4.78, 5) is 11.9. The molecular formula is C13H15ClFNO. The van der Waals surface area contributed by atoms with Crippen LogP contribution in [0.3, 0.4) is 0 Å². The molecule has 0 heterocycles. The van der Waals surface area contributed by atoms with E-state index in [1.807, 2.05) is 0 Å². The highest BCUT2D eigenvalue weighted by Crippen LogP contribution is 2.26. The molecule has 17 heavy (non-hydrogen) atoms. The summed E-state index contributed by atoms with van der Waals surface area (Å²) in [7, 11) is 0. The van der Waals surface area contributed by atoms with Crippen LogP contribution in [0.4, 0.5) is 4.39 Å². The van der Waals surface area contributed by atoms with Crippen LogP contribution in [-0.4, -0.2) is 11.9 Å². The molecule has 92 valence electrons. The highest BCUT2D eigenvalue weighted by molar-refractivity contribution is 6.34. The summed E-state index contributed by atoms with van der Waals surface area (Å²) in [6, 6.07) is 4.47. The molecule has 1 saturated carbocycles. The number of benzene rings is 1. The van der Waals surface area contributed by atoms with Crippen LogP contribution in [0.5, 0.6) is 0 Å². The molecule has 0 aromatic heterocycles. The van der Waals surface area contributed by atoms with Crippen LogP contribution in [0.15, 0.2) is 18.2 Å². The minimum Gasteiger partial charge on any atom is -0.349 e. The third-order valence-electron chi connectivity index (χ3n) is 3.23. The number of hydrogen-bond donors (Lipinski definition) is 1. The molecular weight excluding hydrogens is 241 g/mol. The van der Waals surface area contributed by atoms with E-state index in [2.05, 4.69) is 12.2 Å². The Morgan fingerprint density at radius 1 is 1.47 bits per heavy atom. The molecule has 4 heteroatoms. The molecule has 0 saturated heterocycles. The second-order valence-corrected chi connectivity index (χ2v) is 5.07. The van der Waals surface area contributed by atoms with E-state index < -0.39 is 5.82 Å². The number of hydrogen-bond acceptors (Lipinski definition) is 1. The zero-order valence-corrected chi connectivity index (χ0v) is 10.4. The van der Waals surface area contributed by atoms with E-state index in [0.29, 0.717) is 5.92 Å².